The van der Waals surface area contributed by atoms with Crippen molar-refractivity contribution in [3.8, 4) is 17.2 Å². The minimum Gasteiger partial charge on any atom is -0.497 e. The molecule has 0 aliphatic carbocycles. The second kappa shape index (κ2) is 7.75. The Hall–Kier alpha value is -2.95. The monoisotopic (exact) mass is 339 g/mol. The van der Waals surface area contributed by atoms with Crippen molar-refractivity contribution in [3.63, 3.8) is 0 Å². The smallest absolute Gasteiger partial charge is 0.267 e. The van der Waals surface area contributed by atoms with Gasteiger partial charge in [-0.05, 0) is 29.8 Å². The van der Waals surface area contributed by atoms with Gasteiger partial charge >= 0.3 is 0 Å². The van der Waals surface area contributed by atoms with E-state index in [4.69, 9.17) is 14.2 Å². The highest BCUT2D eigenvalue weighted by Gasteiger charge is 2.30. The molecule has 5 heteroatoms. The molecular weight excluding hydrogens is 318 g/mol. The standard InChI is InChI=1S/C20H21NO4/c1-3-12-21(13-15-8-10-16(23-2)11-9-15)20(22)19-14-24-17-6-4-5-7-18(17)25-19/h3-11,19H,1,12-14H2,2H3. The lowest BCUT2D eigenvalue weighted by molar-refractivity contribution is -0.141. The Morgan fingerprint density at radius 1 is 1.24 bits per heavy atom. The summed E-state index contributed by atoms with van der Waals surface area (Å²) in [5.74, 6) is 1.92. The molecule has 0 aromatic heterocycles. The maximum Gasteiger partial charge on any atom is 0.267 e. The lowest BCUT2D eigenvalue weighted by atomic mass is 10.2. The molecule has 0 saturated heterocycles. The molecule has 5 nitrogen and oxygen atoms in total. The van der Waals surface area contributed by atoms with E-state index in [2.05, 4.69) is 6.58 Å². The Bertz CT molecular complexity index is 742. The third-order valence-electron chi connectivity index (χ3n) is 3.98. The van der Waals surface area contributed by atoms with E-state index in [0.717, 1.165) is 11.3 Å². The first kappa shape index (κ1) is 16.9. The van der Waals surface area contributed by atoms with Crippen molar-refractivity contribution >= 4 is 5.91 Å². The van der Waals surface area contributed by atoms with Gasteiger partial charge in [0.1, 0.15) is 12.4 Å². The summed E-state index contributed by atoms with van der Waals surface area (Å²) in [6.07, 6.45) is 1.05. The lowest BCUT2D eigenvalue weighted by Gasteiger charge is -2.30. The first-order valence-electron chi connectivity index (χ1n) is 8.12. The predicted molar refractivity (Wildman–Crippen MR) is 95.0 cm³/mol. The van der Waals surface area contributed by atoms with Crippen LogP contribution in [0.15, 0.2) is 61.2 Å². The molecule has 1 unspecified atom stereocenters. The van der Waals surface area contributed by atoms with Gasteiger partial charge < -0.3 is 19.1 Å². The van der Waals surface area contributed by atoms with Gasteiger partial charge in [0, 0.05) is 13.1 Å². The van der Waals surface area contributed by atoms with Crippen LogP contribution in [0.3, 0.4) is 0 Å². The van der Waals surface area contributed by atoms with E-state index in [1.54, 1.807) is 24.2 Å². The summed E-state index contributed by atoms with van der Waals surface area (Å²) in [4.78, 5) is 14.6. The molecule has 0 bridgehead atoms. The molecule has 1 aliphatic heterocycles. The van der Waals surface area contributed by atoms with Crippen molar-refractivity contribution in [2.75, 3.05) is 20.3 Å². The van der Waals surface area contributed by atoms with E-state index in [9.17, 15) is 4.79 Å². The van der Waals surface area contributed by atoms with Gasteiger partial charge in [0.15, 0.2) is 11.5 Å². The molecule has 1 atom stereocenters. The van der Waals surface area contributed by atoms with Crippen LogP contribution < -0.4 is 14.2 Å². The molecule has 1 amide bonds. The Kier molecular flexibility index (Phi) is 5.23. The molecule has 3 rings (SSSR count). The number of carbonyl (C=O) groups excluding carboxylic acids is 1. The summed E-state index contributed by atoms with van der Waals surface area (Å²) < 4.78 is 16.6. The van der Waals surface area contributed by atoms with Crippen LogP contribution in [0, 0.1) is 0 Å². The van der Waals surface area contributed by atoms with Crippen LogP contribution in [0.4, 0.5) is 0 Å². The number of carbonyl (C=O) groups is 1. The summed E-state index contributed by atoms with van der Waals surface area (Å²) in [5.41, 5.74) is 1.01. The zero-order valence-electron chi connectivity index (χ0n) is 14.2. The van der Waals surface area contributed by atoms with E-state index in [0.29, 0.717) is 24.6 Å². The van der Waals surface area contributed by atoms with Gasteiger partial charge in [-0.25, -0.2) is 0 Å². The van der Waals surface area contributed by atoms with E-state index in [1.807, 2.05) is 42.5 Å². The van der Waals surface area contributed by atoms with Crippen molar-refractivity contribution in [3.05, 3.63) is 66.7 Å². The average Bonchev–Trinajstić information content (AvgIpc) is 2.67. The number of benzene rings is 2. The van der Waals surface area contributed by atoms with Crippen LogP contribution in [0.25, 0.3) is 0 Å². The molecule has 0 radical (unpaired) electrons. The molecule has 1 aliphatic rings. The zero-order chi connectivity index (χ0) is 17.6. The molecule has 0 fully saturated rings. The summed E-state index contributed by atoms with van der Waals surface area (Å²) in [6, 6.07) is 15.0. The molecule has 25 heavy (non-hydrogen) atoms. The van der Waals surface area contributed by atoms with Gasteiger partial charge in [-0.1, -0.05) is 30.3 Å². The van der Waals surface area contributed by atoms with Crippen LogP contribution in [-0.4, -0.2) is 37.2 Å². The third-order valence-corrected chi connectivity index (χ3v) is 3.98. The predicted octanol–water partition coefficient (Wildman–Crippen LogP) is 3.05. The normalized spacial score (nSPS) is 15.3. The van der Waals surface area contributed by atoms with E-state index in [-0.39, 0.29) is 12.5 Å². The van der Waals surface area contributed by atoms with Crippen LogP contribution in [0.5, 0.6) is 17.2 Å². The summed E-state index contributed by atoms with van der Waals surface area (Å²) in [6.45, 7) is 4.85. The number of rotatable bonds is 6. The van der Waals surface area contributed by atoms with E-state index >= 15 is 0 Å². The molecule has 0 saturated carbocycles. The molecule has 2 aromatic carbocycles. The van der Waals surface area contributed by atoms with Crippen LogP contribution in [0.1, 0.15) is 5.56 Å². The minimum atomic E-state index is -0.659. The fourth-order valence-corrected chi connectivity index (χ4v) is 2.68. The number of fused-ring (bicyclic) bond motifs is 1. The third kappa shape index (κ3) is 3.94. The van der Waals surface area contributed by atoms with Crippen molar-refractivity contribution in [2.24, 2.45) is 0 Å². The van der Waals surface area contributed by atoms with Gasteiger partial charge in [-0.2, -0.15) is 0 Å². The van der Waals surface area contributed by atoms with Crippen molar-refractivity contribution < 1.29 is 19.0 Å². The summed E-state index contributed by atoms with van der Waals surface area (Å²) in [5, 5.41) is 0. The highest BCUT2D eigenvalue weighted by atomic mass is 16.6. The summed E-state index contributed by atoms with van der Waals surface area (Å²) >= 11 is 0. The van der Waals surface area contributed by atoms with Gasteiger partial charge in [0.2, 0.25) is 6.10 Å². The van der Waals surface area contributed by atoms with Crippen molar-refractivity contribution in [1.82, 2.24) is 4.90 Å². The fourth-order valence-electron chi connectivity index (χ4n) is 2.68. The Morgan fingerprint density at radius 3 is 2.64 bits per heavy atom. The van der Waals surface area contributed by atoms with E-state index < -0.39 is 6.10 Å². The number of para-hydroxylation sites is 2. The maximum atomic E-state index is 12.9. The fraction of sp³-hybridized carbons (Fsp3) is 0.250. The highest BCUT2D eigenvalue weighted by molar-refractivity contribution is 5.82. The second-order valence-corrected chi connectivity index (χ2v) is 5.72. The number of ether oxygens (including phenoxy) is 3. The molecule has 1 heterocycles. The van der Waals surface area contributed by atoms with Gasteiger partial charge in [0.05, 0.1) is 7.11 Å². The molecule has 0 N–H and O–H groups in total. The van der Waals surface area contributed by atoms with E-state index in [1.165, 1.54) is 0 Å². The molecule has 2 aromatic rings. The van der Waals surface area contributed by atoms with Gasteiger partial charge in [-0.3, -0.25) is 4.79 Å². The zero-order valence-corrected chi connectivity index (χ0v) is 14.2. The van der Waals surface area contributed by atoms with Gasteiger partial charge in [-0.15, -0.1) is 6.58 Å². The molecule has 0 spiro atoms. The first-order chi connectivity index (χ1) is 12.2. The maximum absolute atomic E-state index is 12.9. The Labute approximate surface area is 147 Å². The number of hydrogen-bond donors (Lipinski definition) is 0. The van der Waals surface area contributed by atoms with Crippen LogP contribution in [0.2, 0.25) is 0 Å². The first-order valence-corrected chi connectivity index (χ1v) is 8.12. The number of hydrogen-bond acceptors (Lipinski definition) is 4. The quantitative estimate of drug-likeness (QED) is 0.759. The largest absolute Gasteiger partial charge is 0.497 e. The number of methoxy groups -OCH3 is 1. The molecular formula is C20H21NO4. The second-order valence-electron chi connectivity index (χ2n) is 5.72. The van der Waals surface area contributed by atoms with Crippen molar-refractivity contribution in [2.45, 2.75) is 12.6 Å². The molecule has 130 valence electrons. The average molecular weight is 339 g/mol. The van der Waals surface area contributed by atoms with Gasteiger partial charge in [0.25, 0.3) is 5.91 Å². The summed E-state index contributed by atoms with van der Waals surface area (Å²) in [7, 11) is 1.63. The Morgan fingerprint density at radius 2 is 1.96 bits per heavy atom. The SMILES string of the molecule is C=CCN(Cc1ccc(OC)cc1)C(=O)C1COc2ccccc2O1. The number of nitrogens with zero attached hydrogens (tertiary/aromatic N) is 1. The van der Waals surface area contributed by atoms with Crippen LogP contribution >= 0.6 is 0 Å². The van der Waals surface area contributed by atoms with Crippen LogP contribution in [-0.2, 0) is 11.3 Å². The highest BCUT2D eigenvalue weighted by Crippen LogP contribution is 2.31. The van der Waals surface area contributed by atoms with Crippen molar-refractivity contribution in [1.29, 1.82) is 0 Å². The lowest BCUT2D eigenvalue weighted by Crippen LogP contribution is -2.46. The Balaban J connectivity index is 1.71. The topological polar surface area (TPSA) is 48.0 Å². The number of amides is 1. The minimum absolute atomic E-state index is 0.120.